The van der Waals surface area contributed by atoms with Gasteiger partial charge >= 0.3 is 0 Å². The van der Waals surface area contributed by atoms with E-state index < -0.39 is 10.0 Å². The van der Waals surface area contributed by atoms with Gasteiger partial charge in [0, 0.05) is 12.1 Å². The van der Waals surface area contributed by atoms with Crippen molar-refractivity contribution in [2.24, 2.45) is 11.3 Å². The van der Waals surface area contributed by atoms with Crippen LogP contribution in [-0.4, -0.2) is 31.1 Å². The van der Waals surface area contributed by atoms with Crippen molar-refractivity contribution in [2.75, 3.05) is 12.8 Å². The van der Waals surface area contributed by atoms with Crippen LogP contribution in [0.5, 0.6) is 0 Å². The van der Waals surface area contributed by atoms with Crippen molar-refractivity contribution in [1.82, 2.24) is 4.31 Å². The standard InChI is InChI=1S/C15H33NO2S/c1-9-13(14(2,3)4)11-10-12-16(15(5,6)7)19(8,17)18/h13H,9-12H2,1-8H3. The van der Waals surface area contributed by atoms with E-state index in [0.29, 0.717) is 17.9 Å². The summed E-state index contributed by atoms with van der Waals surface area (Å²) in [5, 5.41) is 0. The van der Waals surface area contributed by atoms with E-state index in [2.05, 4.69) is 27.7 Å². The van der Waals surface area contributed by atoms with Gasteiger partial charge in [0.05, 0.1) is 6.26 Å². The summed E-state index contributed by atoms with van der Waals surface area (Å²) < 4.78 is 25.3. The molecule has 0 aliphatic heterocycles. The van der Waals surface area contributed by atoms with Crippen molar-refractivity contribution in [3.8, 4) is 0 Å². The molecule has 3 nitrogen and oxygen atoms in total. The van der Waals surface area contributed by atoms with E-state index in [1.54, 1.807) is 4.31 Å². The lowest BCUT2D eigenvalue weighted by atomic mass is 9.76. The Bertz CT molecular complexity index is 361. The monoisotopic (exact) mass is 291 g/mol. The highest BCUT2D eigenvalue weighted by Gasteiger charge is 2.30. The molecule has 19 heavy (non-hydrogen) atoms. The predicted molar refractivity (Wildman–Crippen MR) is 83.8 cm³/mol. The lowest BCUT2D eigenvalue weighted by molar-refractivity contribution is 0.194. The molecule has 1 atom stereocenters. The van der Waals surface area contributed by atoms with Gasteiger partial charge in [0.15, 0.2) is 0 Å². The van der Waals surface area contributed by atoms with E-state index >= 15 is 0 Å². The first-order valence-corrected chi connectivity index (χ1v) is 9.12. The highest BCUT2D eigenvalue weighted by Crippen LogP contribution is 2.32. The van der Waals surface area contributed by atoms with Crippen LogP contribution in [0.15, 0.2) is 0 Å². The van der Waals surface area contributed by atoms with Crippen molar-refractivity contribution >= 4 is 10.0 Å². The second kappa shape index (κ2) is 6.57. The molecule has 1 unspecified atom stereocenters. The molecule has 0 saturated carbocycles. The van der Waals surface area contributed by atoms with Crippen molar-refractivity contribution in [1.29, 1.82) is 0 Å². The van der Waals surface area contributed by atoms with Gasteiger partial charge < -0.3 is 0 Å². The summed E-state index contributed by atoms with van der Waals surface area (Å²) in [5.74, 6) is 0.647. The maximum atomic E-state index is 11.8. The molecule has 0 spiro atoms. The molecular weight excluding hydrogens is 258 g/mol. The van der Waals surface area contributed by atoms with Gasteiger partial charge in [0.2, 0.25) is 10.0 Å². The Balaban J connectivity index is 4.61. The molecule has 0 amide bonds. The second-order valence-electron chi connectivity index (χ2n) is 7.62. The Morgan fingerprint density at radius 2 is 1.53 bits per heavy atom. The Morgan fingerprint density at radius 3 is 1.79 bits per heavy atom. The Kier molecular flexibility index (Phi) is 6.54. The van der Waals surface area contributed by atoms with Crippen LogP contribution in [0, 0.1) is 11.3 Å². The van der Waals surface area contributed by atoms with Crippen LogP contribution in [0.1, 0.15) is 67.7 Å². The van der Waals surface area contributed by atoms with E-state index in [1.165, 1.54) is 6.26 Å². The lowest BCUT2D eigenvalue weighted by Crippen LogP contribution is -2.45. The van der Waals surface area contributed by atoms with Gasteiger partial charge in [-0.05, 0) is 44.9 Å². The van der Waals surface area contributed by atoms with Crippen LogP contribution >= 0.6 is 0 Å². The molecule has 0 aromatic carbocycles. The van der Waals surface area contributed by atoms with E-state index in [1.807, 2.05) is 20.8 Å². The SMILES string of the molecule is CCC(CCCN(C(C)(C)C)S(C)(=O)=O)C(C)(C)C. The number of sulfonamides is 1. The van der Waals surface area contributed by atoms with Gasteiger partial charge in [-0.1, -0.05) is 34.1 Å². The topological polar surface area (TPSA) is 37.4 Å². The molecule has 0 N–H and O–H groups in total. The zero-order chi connectivity index (χ0) is 15.5. The average Bonchev–Trinajstić information content (AvgIpc) is 2.11. The van der Waals surface area contributed by atoms with E-state index in [-0.39, 0.29) is 5.54 Å². The van der Waals surface area contributed by atoms with E-state index in [4.69, 9.17) is 0 Å². The zero-order valence-electron chi connectivity index (χ0n) is 14.1. The fourth-order valence-electron chi connectivity index (χ4n) is 2.73. The zero-order valence-corrected chi connectivity index (χ0v) is 14.9. The Morgan fingerprint density at radius 1 is 1.05 bits per heavy atom. The summed E-state index contributed by atoms with van der Waals surface area (Å²) in [5.41, 5.74) is -0.0383. The van der Waals surface area contributed by atoms with Crippen LogP contribution in [-0.2, 0) is 10.0 Å². The van der Waals surface area contributed by atoms with Crippen LogP contribution < -0.4 is 0 Å². The van der Waals surface area contributed by atoms with Gasteiger partial charge in [-0.15, -0.1) is 0 Å². The first kappa shape index (κ1) is 18.9. The van der Waals surface area contributed by atoms with Crippen LogP contribution in [0.3, 0.4) is 0 Å². The summed E-state index contributed by atoms with van der Waals surface area (Å²) in [6.07, 6.45) is 4.47. The largest absolute Gasteiger partial charge is 0.212 e. The minimum absolute atomic E-state index is 0.298. The van der Waals surface area contributed by atoms with E-state index in [9.17, 15) is 8.42 Å². The number of hydrogen-bond acceptors (Lipinski definition) is 2. The fourth-order valence-corrected chi connectivity index (χ4v) is 4.19. The molecule has 0 fully saturated rings. The Labute approximate surface area is 120 Å². The van der Waals surface area contributed by atoms with Crippen molar-refractivity contribution in [3.05, 3.63) is 0 Å². The van der Waals surface area contributed by atoms with Crippen LogP contribution in [0.25, 0.3) is 0 Å². The number of nitrogens with zero attached hydrogens (tertiary/aromatic N) is 1. The molecule has 0 heterocycles. The molecule has 116 valence electrons. The smallest absolute Gasteiger partial charge is 0.211 e. The third kappa shape index (κ3) is 6.75. The van der Waals surface area contributed by atoms with E-state index in [0.717, 1.165) is 19.3 Å². The summed E-state index contributed by atoms with van der Waals surface area (Å²) in [6.45, 7) is 15.5. The highest BCUT2D eigenvalue weighted by atomic mass is 32.2. The summed E-state index contributed by atoms with van der Waals surface area (Å²) in [7, 11) is -3.13. The number of rotatable bonds is 6. The normalized spacial score (nSPS) is 15.8. The van der Waals surface area contributed by atoms with Crippen LogP contribution in [0.4, 0.5) is 0 Å². The second-order valence-corrected chi connectivity index (χ2v) is 9.53. The average molecular weight is 292 g/mol. The van der Waals surface area contributed by atoms with Crippen molar-refractivity contribution in [2.45, 2.75) is 73.3 Å². The summed E-state index contributed by atoms with van der Waals surface area (Å²) in [6, 6.07) is 0. The van der Waals surface area contributed by atoms with Crippen molar-refractivity contribution < 1.29 is 8.42 Å². The van der Waals surface area contributed by atoms with Crippen LogP contribution in [0.2, 0.25) is 0 Å². The van der Waals surface area contributed by atoms with Gasteiger partial charge in [0.1, 0.15) is 0 Å². The fraction of sp³-hybridized carbons (Fsp3) is 1.00. The van der Waals surface area contributed by atoms with Gasteiger partial charge in [-0.3, -0.25) is 0 Å². The summed E-state index contributed by atoms with van der Waals surface area (Å²) >= 11 is 0. The maximum absolute atomic E-state index is 11.8. The quantitative estimate of drug-likeness (QED) is 0.744. The minimum Gasteiger partial charge on any atom is -0.212 e. The minimum atomic E-state index is -3.13. The molecule has 0 rings (SSSR count). The van der Waals surface area contributed by atoms with Gasteiger partial charge in [-0.2, -0.15) is 4.31 Å². The molecule has 4 heteroatoms. The van der Waals surface area contributed by atoms with Crippen molar-refractivity contribution in [3.63, 3.8) is 0 Å². The Hall–Kier alpha value is -0.0900. The molecule has 0 saturated heterocycles. The third-order valence-electron chi connectivity index (χ3n) is 3.78. The lowest BCUT2D eigenvalue weighted by Gasteiger charge is -2.35. The van der Waals surface area contributed by atoms with Gasteiger partial charge in [-0.25, -0.2) is 8.42 Å². The highest BCUT2D eigenvalue weighted by molar-refractivity contribution is 7.88. The molecule has 0 bridgehead atoms. The summed E-state index contributed by atoms with van der Waals surface area (Å²) in [4.78, 5) is 0. The molecule has 0 aromatic heterocycles. The number of hydrogen-bond donors (Lipinski definition) is 0. The molecule has 0 aromatic rings. The molecule has 0 radical (unpaired) electrons. The van der Waals surface area contributed by atoms with Gasteiger partial charge in [0.25, 0.3) is 0 Å². The molecule has 0 aliphatic rings. The maximum Gasteiger partial charge on any atom is 0.211 e. The first-order valence-electron chi connectivity index (χ1n) is 7.28. The molecular formula is C15H33NO2S. The molecule has 0 aliphatic carbocycles. The predicted octanol–water partition coefficient (Wildman–Crippen LogP) is 3.90. The first-order chi connectivity index (χ1) is 8.30. The third-order valence-corrected chi connectivity index (χ3v) is 5.31.